The fraction of sp³-hybridized carbons (Fsp3) is 0.0526. The number of nitrogens with zero attached hydrogens (tertiary/aromatic N) is 2. The molecule has 4 rings (SSSR count). The molecule has 0 saturated heterocycles. The fourth-order valence-corrected chi connectivity index (χ4v) is 3.39. The molecule has 25 heavy (non-hydrogen) atoms. The summed E-state index contributed by atoms with van der Waals surface area (Å²) in [6.07, 6.45) is 0. The number of hydrogen-bond donors (Lipinski definition) is 0. The lowest BCUT2D eigenvalue weighted by atomic mass is 10.2. The van der Waals surface area contributed by atoms with Crippen LogP contribution >= 0.6 is 22.9 Å². The fourth-order valence-electron chi connectivity index (χ4n) is 2.45. The lowest BCUT2D eigenvalue weighted by Gasteiger charge is -1.96. The molecule has 2 heterocycles. The Morgan fingerprint density at radius 3 is 2.36 bits per heavy atom. The number of oxazole rings is 1. The number of halogens is 2. The van der Waals surface area contributed by atoms with Crippen molar-refractivity contribution < 1.29 is 8.81 Å². The van der Waals surface area contributed by atoms with Crippen molar-refractivity contribution in [2.75, 3.05) is 0 Å². The summed E-state index contributed by atoms with van der Waals surface area (Å²) in [7, 11) is 0. The first kappa shape index (κ1) is 16.0. The molecule has 6 heteroatoms. The van der Waals surface area contributed by atoms with Gasteiger partial charge < -0.3 is 4.42 Å². The minimum Gasteiger partial charge on any atom is -0.434 e. The highest BCUT2D eigenvalue weighted by molar-refractivity contribution is 7.13. The first-order chi connectivity index (χ1) is 12.1. The Kier molecular flexibility index (Phi) is 4.11. The van der Waals surface area contributed by atoms with E-state index < -0.39 is 0 Å². The van der Waals surface area contributed by atoms with Crippen LogP contribution in [0.15, 0.2) is 58.3 Å². The maximum Gasteiger partial charge on any atom is 0.227 e. The summed E-state index contributed by atoms with van der Waals surface area (Å²) in [6.45, 7) is 1.87. The summed E-state index contributed by atoms with van der Waals surface area (Å²) in [5, 5.41) is 3.51. The van der Waals surface area contributed by atoms with E-state index in [0.717, 1.165) is 27.5 Å². The van der Waals surface area contributed by atoms with Crippen LogP contribution in [0.2, 0.25) is 5.02 Å². The molecule has 0 unspecified atom stereocenters. The Morgan fingerprint density at radius 1 is 0.960 bits per heavy atom. The van der Waals surface area contributed by atoms with Crippen LogP contribution in [0.1, 0.15) is 5.69 Å². The monoisotopic (exact) mass is 370 g/mol. The molecule has 0 atom stereocenters. The van der Waals surface area contributed by atoms with Gasteiger partial charge in [0, 0.05) is 21.5 Å². The second-order valence-corrected chi connectivity index (χ2v) is 6.78. The number of rotatable bonds is 3. The van der Waals surface area contributed by atoms with Crippen molar-refractivity contribution in [1.82, 2.24) is 9.97 Å². The number of aromatic nitrogens is 2. The Labute approximate surface area is 152 Å². The molecule has 0 spiro atoms. The summed E-state index contributed by atoms with van der Waals surface area (Å²) in [5.41, 5.74) is 3.20. The maximum absolute atomic E-state index is 13.1. The molecule has 0 bridgehead atoms. The van der Waals surface area contributed by atoms with Gasteiger partial charge in [-0.1, -0.05) is 23.7 Å². The van der Waals surface area contributed by atoms with Gasteiger partial charge >= 0.3 is 0 Å². The van der Waals surface area contributed by atoms with Crippen LogP contribution in [-0.2, 0) is 0 Å². The Hall–Kier alpha value is -2.50. The minimum atomic E-state index is -0.292. The maximum atomic E-state index is 13.1. The average molecular weight is 371 g/mol. The van der Waals surface area contributed by atoms with Crippen LogP contribution in [0.25, 0.3) is 33.5 Å². The van der Waals surface area contributed by atoms with Gasteiger partial charge in [0.25, 0.3) is 0 Å². The standard InChI is InChI=1S/C19H12ClFN2OS/c1-11-17(24-18(22-11)12-4-8-15(21)9-5-12)16-10-25-19(23-16)13-2-6-14(20)7-3-13/h2-10H,1H3. The molecule has 2 aromatic heterocycles. The van der Waals surface area contributed by atoms with E-state index in [-0.39, 0.29) is 5.82 Å². The van der Waals surface area contributed by atoms with Crippen molar-refractivity contribution in [3.63, 3.8) is 0 Å². The SMILES string of the molecule is Cc1nc(-c2ccc(F)cc2)oc1-c1csc(-c2ccc(Cl)cc2)n1. The third-order valence-electron chi connectivity index (χ3n) is 3.72. The van der Waals surface area contributed by atoms with E-state index in [9.17, 15) is 4.39 Å². The van der Waals surface area contributed by atoms with E-state index in [0.29, 0.717) is 16.7 Å². The molecular formula is C19H12ClFN2OS. The predicted octanol–water partition coefficient (Wildman–Crippen LogP) is 6.23. The van der Waals surface area contributed by atoms with Crippen LogP contribution in [0, 0.1) is 12.7 Å². The van der Waals surface area contributed by atoms with Gasteiger partial charge in [0.05, 0.1) is 5.69 Å². The third kappa shape index (κ3) is 3.21. The average Bonchev–Trinajstić information content (AvgIpc) is 3.23. The molecule has 0 fully saturated rings. The lowest BCUT2D eigenvalue weighted by molar-refractivity contribution is 0.585. The zero-order chi connectivity index (χ0) is 17.4. The number of aryl methyl sites for hydroxylation is 1. The summed E-state index contributed by atoms with van der Waals surface area (Å²) in [4.78, 5) is 9.08. The molecule has 3 nitrogen and oxygen atoms in total. The minimum absolute atomic E-state index is 0.292. The topological polar surface area (TPSA) is 38.9 Å². The van der Waals surface area contributed by atoms with Gasteiger partial charge in [-0.2, -0.15) is 0 Å². The lowest BCUT2D eigenvalue weighted by Crippen LogP contribution is -1.80. The van der Waals surface area contributed by atoms with Crippen molar-refractivity contribution in [3.05, 3.63) is 70.4 Å². The first-order valence-corrected chi connectivity index (χ1v) is 8.81. The molecule has 2 aromatic carbocycles. The quantitative estimate of drug-likeness (QED) is 0.429. The van der Waals surface area contributed by atoms with E-state index in [1.54, 1.807) is 12.1 Å². The predicted molar refractivity (Wildman–Crippen MR) is 98.2 cm³/mol. The van der Waals surface area contributed by atoms with Gasteiger partial charge in [-0.05, 0) is 43.3 Å². The van der Waals surface area contributed by atoms with Gasteiger partial charge in [0.2, 0.25) is 5.89 Å². The molecule has 0 amide bonds. The molecule has 0 N–H and O–H groups in total. The molecule has 4 aromatic rings. The molecule has 124 valence electrons. The van der Waals surface area contributed by atoms with Crippen molar-refractivity contribution in [3.8, 4) is 33.5 Å². The Balaban J connectivity index is 1.69. The first-order valence-electron chi connectivity index (χ1n) is 7.55. The molecule has 0 radical (unpaired) electrons. The third-order valence-corrected chi connectivity index (χ3v) is 4.86. The molecule has 0 saturated carbocycles. The molecular weight excluding hydrogens is 359 g/mol. The van der Waals surface area contributed by atoms with Crippen LogP contribution in [-0.4, -0.2) is 9.97 Å². The summed E-state index contributed by atoms with van der Waals surface area (Å²) in [5.74, 6) is 0.781. The second kappa shape index (κ2) is 6.43. The van der Waals surface area contributed by atoms with Gasteiger partial charge in [-0.3, -0.25) is 0 Å². The van der Waals surface area contributed by atoms with E-state index in [2.05, 4.69) is 9.97 Å². The molecule has 0 aliphatic rings. The van der Waals surface area contributed by atoms with Crippen molar-refractivity contribution in [1.29, 1.82) is 0 Å². The number of hydrogen-bond acceptors (Lipinski definition) is 4. The largest absolute Gasteiger partial charge is 0.434 e. The van der Waals surface area contributed by atoms with Crippen LogP contribution in [0.4, 0.5) is 4.39 Å². The summed E-state index contributed by atoms with van der Waals surface area (Å²) < 4.78 is 19.0. The molecule has 0 aliphatic carbocycles. The van der Waals surface area contributed by atoms with E-state index >= 15 is 0 Å². The van der Waals surface area contributed by atoms with Gasteiger partial charge in [-0.15, -0.1) is 11.3 Å². The highest BCUT2D eigenvalue weighted by Crippen LogP contribution is 2.33. The number of thiazole rings is 1. The summed E-state index contributed by atoms with van der Waals surface area (Å²) in [6, 6.07) is 13.6. The van der Waals surface area contributed by atoms with E-state index in [1.165, 1.54) is 23.5 Å². The van der Waals surface area contributed by atoms with Gasteiger partial charge in [-0.25, -0.2) is 14.4 Å². The highest BCUT2D eigenvalue weighted by atomic mass is 35.5. The van der Waals surface area contributed by atoms with Crippen LogP contribution < -0.4 is 0 Å². The summed E-state index contributed by atoms with van der Waals surface area (Å²) >= 11 is 7.46. The zero-order valence-electron chi connectivity index (χ0n) is 13.2. The van der Waals surface area contributed by atoms with Crippen LogP contribution in [0.3, 0.4) is 0 Å². The van der Waals surface area contributed by atoms with Crippen LogP contribution in [0.5, 0.6) is 0 Å². The highest BCUT2D eigenvalue weighted by Gasteiger charge is 2.16. The zero-order valence-corrected chi connectivity index (χ0v) is 14.7. The second-order valence-electron chi connectivity index (χ2n) is 5.49. The van der Waals surface area contributed by atoms with Gasteiger partial charge in [0.1, 0.15) is 16.5 Å². The van der Waals surface area contributed by atoms with E-state index in [1.807, 2.05) is 36.6 Å². The van der Waals surface area contributed by atoms with Crippen molar-refractivity contribution in [2.24, 2.45) is 0 Å². The van der Waals surface area contributed by atoms with Crippen molar-refractivity contribution >= 4 is 22.9 Å². The smallest absolute Gasteiger partial charge is 0.227 e. The Morgan fingerprint density at radius 2 is 1.64 bits per heavy atom. The van der Waals surface area contributed by atoms with Crippen molar-refractivity contribution in [2.45, 2.75) is 6.92 Å². The Bertz CT molecular complexity index is 1020. The number of benzene rings is 2. The normalized spacial score (nSPS) is 11.0. The molecule has 0 aliphatic heterocycles. The van der Waals surface area contributed by atoms with Gasteiger partial charge in [0.15, 0.2) is 5.76 Å². The van der Waals surface area contributed by atoms with E-state index in [4.69, 9.17) is 16.0 Å².